The van der Waals surface area contributed by atoms with E-state index in [0.717, 1.165) is 94.2 Å². The average molecular weight is 656 g/mol. The molecular weight excluding hydrogens is 601 g/mol. The number of carbonyl (C=O) groups is 1. The second kappa shape index (κ2) is 15.4. The van der Waals surface area contributed by atoms with E-state index >= 15 is 4.39 Å². The summed E-state index contributed by atoms with van der Waals surface area (Å²) in [6.07, 6.45) is 8.62. The number of benzene rings is 3. The molecule has 0 bridgehead atoms. The van der Waals surface area contributed by atoms with Crippen molar-refractivity contribution in [2.75, 3.05) is 19.7 Å². The molecule has 0 aromatic heterocycles. The van der Waals surface area contributed by atoms with Crippen LogP contribution in [0.3, 0.4) is 0 Å². The number of halogens is 1. The maximum atomic E-state index is 16.1. The number of aryl methyl sites for hydroxylation is 1. The van der Waals surface area contributed by atoms with Gasteiger partial charge < -0.3 is 19.8 Å². The minimum Gasteiger partial charge on any atom is -0.508 e. The van der Waals surface area contributed by atoms with Crippen molar-refractivity contribution in [3.05, 3.63) is 95.1 Å². The van der Waals surface area contributed by atoms with Crippen LogP contribution in [0.5, 0.6) is 11.5 Å². The lowest BCUT2D eigenvalue weighted by Gasteiger charge is -2.54. The maximum Gasteiger partial charge on any atom is 0.253 e. The van der Waals surface area contributed by atoms with Crippen molar-refractivity contribution in [2.24, 2.45) is 23.2 Å². The first-order chi connectivity index (χ1) is 23.3. The van der Waals surface area contributed by atoms with Crippen LogP contribution < -0.4 is 4.74 Å². The van der Waals surface area contributed by atoms with Crippen LogP contribution in [-0.2, 0) is 12.8 Å². The molecule has 3 unspecified atom stereocenters. The second-order valence-electron chi connectivity index (χ2n) is 14.9. The molecule has 5 nitrogen and oxygen atoms in total. The van der Waals surface area contributed by atoms with Crippen LogP contribution >= 0.6 is 0 Å². The number of phenols is 1. The molecule has 48 heavy (non-hydrogen) atoms. The number of hydrogen-bond donors (Lipinski definition) is 2. The second-order valence-corrected chi connectivity index (χ2v) is 14.9. The van der Waals surface area contributed by atoms with Crippen molar-refractivity contribution >= 4 is 5.91 Å². The van der Waals surface area contributed by atoms with Gasteiger partial charge in [0.25, 0.3) is 5.91 Å². The number of nitrogens with zero attached hydrogens (tertiary/aromatic N) is 1. The Balaban J connectivity index is 1.06. The van der Waals surface area contributed by atoms with Crippen molar-refractivity contribution < 1.29 is 24.1 Å². The number of alkyl halides is 1. The number of fused-ring (bicyclic) bond motifs is 5. The lowest BCUT2D eigenvalue weighted by molar-refractivity contribution is -0.0722. The molecule has 2 saturated carbocycles. The zero-order valence-electron chi connectivity index (χ0n) is 28.8. The third kappa shape index (κ3) is 7.44. The summed E-state index contributed by atoms with van der Waals surface area (Å²) in [4.78, 5) is 15.6. The summed E-state index contributed by atoms with van der Waals surface area (Å²) in [6.45, 7) is 6.12. The number of carbonyl (C=O) groups excluding carboxylic acids is 1. The van der Waals surface area contributed by atoms with Gasteiger partial charge in [-0.3, -0.25) is 4.79 Å². The number of aliphatic hydroxyl groups is 1. The zero-order valence-corrected chi connectivity index (χ0v) is 28.8. The normalized spacial score (nSPS) is 27.5. The van der Waals surface area contributed by atoms with E-state index in [2.05, 4.69) is 31.2 Å². The van der Waals surface area contributed by atoms with E-state index in [9.17, 15) is 15.0 Å². The molecule has 3 aliphatic carbocycles. The summed E-state index contributed by atoms with van der Waals surface area (Å²) >= 11 is 0. The van der Waals surface area contributed by atoms with Gasteiger partial charge in [-0.15, -0.1) is 0 Å². The largest absolute Gasteiger partial charge is 0.508 e. The van der Waals surface area contributed by atoms with Crippen LogP contribution in [0, 0.1) is 23.2 Å². The van der Waals surface area contributed by atoms with Crippen molar-refractivity contribution in [1.82, 2.24) is 4.90 Å². The Morgan fingerprint density at radius 1 is 0.958 bits per heavy atom. The predicted octanol–water partition coefficient (Wildman–Crippen LogP) is 8.91. The summed E-state index contributed by atoms with van der Waals surface area (Å²) in [5, 5.41) is 21.2. The fourth-order valence-electron chi connectivity index (χ4n) is 9.57. The van der Waals surface area contributed by atoms with Gasteiger partial charge in [0.1, 0.15) is 17.7 Å². The molecule has 3 aromatic rings. The van der Waals surface area contributed by atoms with Crippen LogP contribution in [0.25, 0.3) is 0 Å². The van der Waals surface area contributed by atoms with Crippen LogP contribution in [-0.4, -0.2) is 53.0 Å². The van der Waals surface area contributed by atoms with E-state index in [1.807, 2.05) is 54.3 Å². The first kappa shape index (κ1) is 34.5. The van der Waals surface area contributed by atoms with Crippen molar-refractivity contribution in [2.45, 2.75) is 103 Å². The number of amides is 1. The minimum absolute atomic E-state index is 0.0705. The quantitative estimate of drug-likeness (QED) is 0.170. The number of phenolic OH excluding ortho intramolecular Hbond substituents is 1. The summed E-state index contributed by atoms with van der Waals surface area (Å²) in [6, 6.07) is 23.5. The molecule has 7 atom stereocenters. The Labute approximate surface area is 286 Å². The van der Waals surface area contributed by atoms with Gasteiger partial charge in [-0.05, 0) is 135 Å². The Bertz CT molecular complexity index is 1500. The first-order valence-corrected chi connectivity index (χ1v) is 18.5. The van der Waals surface area contributed by atoms with Gasteiger partial charge in [-0.1, -0.05) is 62.6 Å². The summed E-state index contributed by atoms with van der Waals surface area (Å²) in [7, 11) is 0. The van der Waals surface area contributed by atoms with Gasteiger partial charge in [0.05, 0.1) is 12.7 Å². The molecule has 0 spiro atoms. The number of rotatable bonds is 14. The van der Waals surface area contributed by atoms with Crippen LogP contribution in [0.4, 0.5) is 4.39 Å². The number of aromatic hydroxyl groups is 1. The highest BCUT2D eigenvalue weighted by Crippen LogP contribution is 2.63. The molecule has 1 amide bonds. The number of aliphatic hydroxyl groups excluding tert-OH is 1. The Morgan fingerprint density at radius 2 is 1.71 bits per heavy atom. The molecule has 2 fully saturated rings. The summed E-state index contributed by atoms with van der Waals surface area (Å²) in [5.74, 6) is 1.84. The van der Waals surface area contributed by atoms with E-state index < -0.39 is 12.3 Å². The fourth-order valence-corrected chi connectivity index (χ4v) is 9.57. The van der Waals surface area contributed by atoms with Crippen LogP contribution in [0.15, 0.2) is 72.8 Å². The van der Waals surface area contributed by atoms with Crippen molar-refractivity contribution in [3.63, 3.8) is 0 Å². The van der Waals surface area contributed by atoms with Gasteiger partial charge in [0.2, 0.25) is 0 Å². The monoisotopic (exact) mass is 655 g/mol. The molecule has 6 heteroatoms. The number of hydrogen-bond acceptors (Lipinski definition) is 4. The Kier molecular flexibility index (Phi) is 11.1. The molecule has 0 radical (unpaired) electrons. The molecule has 3 aromatic carbocycles. The summed E-state index contributed by atoms with van der Waals surface area (Å²) in [5.41, 5.74) is 3.81. The molecule has 0 heterocycles. The SMILES string of the molecule is CCOc1ccc(C(=O)N(CCCCCC[C@@H]2Cc3cc(O)ccc3C3C2C2CC[C@H](O)[C@@]2(C)C[C@@H]3F)CCCc2ccccc2)cc1. The van der Waals surface area contributed by atoms with Gasteiger partial charge in [-0.2, -0.15) is 0 Å². The first-order valence-electron chi connectivity index (χ1n) is 18.5. The Hall–Kier alpha value is -3.38. The van der Waals surface area contributed by atoms with Gasteiger partial charge in [0.15, 0.2) is 0 Å². The highest BCUT2D eigenvalue weighted by molar-refractivity contribution is 5.94. The molecule has 2 N–H and O–H groups in total. The van der Waals surface area contributed by atoms with Crippen molar-refractivity contribution in [3.8, 4) is 11.5 Å². The molecule has 6 rings (SSSR count). The molecular formula is C42H54FNO4. The molecule has 3 aliphatic rings. The van der Waals surface area contributed by atoms with Gasteiger partial charge in [0, 0.05) is 24.6 Å². The average Bonchev–Trinajstić information content (AvgIpc) is 3.38. The molecule has 258 valence electrons. The fraction of sp³-hybridized carbons (Fsp3) is 0.548. The summed E-state index contributed by atoms with van der Waals surface area (Å²) < 4.78 is 21.7. The highest BCUT2D eigenvalue weighted by atomic mass is 19.1. The number of ether oxygens (including phenoxy) is 1. The molecule has 0 aliphatic heterocycles. The van der Waals surface area contributed by atoms with Crippen LogP contribution in [0.2, 0.25) is 0 Å². The van der Waals surface area contributed by atoms with E-state index in [1.165, 1.54) is 5.56 Å². The number of unbranched alkanes of at least 4 members (excludes halogenated alkanes) is 3. The third-order valence-electron chi connectivity index (χ3n) is 12.0. The van der Waals surface area contributed by atoms with Gasteiger partial charge >= 0.3 is 0 Å². The maximum absolute atomic E-state index is 16.1. The zero-order chi connectivity index (χ0) is 33.7. The van der Waals surface area contributed by atoms with E-state index in [4.69, 9.17) is 4.74 Å². The lowest BCUT2D eigenvalue weighted by Crippen LogP contribution is -2.51. The van der Waals surface area contributed by atoms with E-state index in [1.54, 1.807) is 6.07 Å². The highest BCUT2D eigenvalue weighted by Gasteiger charge is 2.59. The van der Waals surface area contributed by atoms with E-state index in [-0.39, 0.29) is 28.9 Å². The standard InChI is InChI=1S/C42H54FNO4/c1-3-48-34-19-16-30(17-20-34)41(47)44(25-11-14-29-12-7-6-8-13-29)24-10-5-4-9-15-31-26-32-27-33(45)18-21-35(32)40-37(43)28-42(2)36(39(31)40)22-23-38(42)46/h6-8,12-13,16-21,27,31,36-40,45-46H,3-5,9-11,14-15,22-26,28H2,1-2H3/t31-,36?,37+,38+,39?,40?,42+/m1/s1. The topological polar surface area (TPSA) is 70.0 Å². The molecule has 0 saturated heterocycles. The smallest absolute Gasteiger partial charge is 0.253 e. The predicted molar refractivity (Wildman–Crippen MR) is 189 cm³/mol. The lowest BCUT2D eigenvalue weighted by atomic mass is 9.51. The minimum atomic E-state index is -0.976. The van der Waals surface area contributed by atoms with Crippen molar-refractivity contribution in [1.29, 1.82) is 0 Å². The van der Waals surface area contributed by atoms with E-state index in [0.29, 0.717) is 30.4 Å². The van der Waals surface area contributed by atoms with Crippen LogP contribution in [0.1, 0.15) is 105 Å². The third-order valence-corrected chi connectivity index (χ3v) is 12.0. The Morgan fingerprint density at radius 3 is 2.48 bits per heavy atom. The van der Waals surface area contributed by atoms with Gasteiger partial charge in [-0.25, -0.2) is 4.39 Å².